The third kappa shape index (κ3) is 1.88. The topological polar surface area (TPSA) is 47.3 Å². The van der Waals surface area contributed by atoms with Crippen LogP contribution in [0.3, 0.4) is 0 Å². The molecule has 1 aliphatic heterocycles. The van der Waals surface area contributed by atoms with Gasteiger partial charge in [-0.1, -0.05) is 0 Å². The lowest BCUT2D eigenvalue weighted by Crippen LogP contribution is -1.99. The Bertz CT molecular complexity index is 575. The smallest absolute Gasteiger partial charge is 0.122 e. The molecule has 0 atom stereocenters. The number of aromatic nitrogens is 2. The van der Waals surface area contributed by atoms with E-state index in [-0.39, 0.29) is 6.61 Å². The number of nitrogens with zero attached hydrogens (tertiary/aromatic N) is 2. The summed E-state index contributed by atoms with van der Waals surface area (Å²) in [6.45, 7) is 0.902. The third-order valence-corrected chi connectivity index (χ3v) is 3.29. The first-order valence-electron chi connectivity index (χ1n) is 6.17. The minimum Gasteiger partial charge on any atom is -0.493 e. The van der Waals surface area contributed by atoms with Crippen LogP contribution in [0.15, 0.2) is 24.4 Å². The Morgan fingerprint density at radius 2 is 2.33 bits per heavy atom. The SMILES string of the molecule is Cn1cc(-c2ccc3c(c2)CCO3)nc1CCO. The fourth-order valence-corrected chi connectivity index (χ4v) is 2.32. The monoisotopic (exact) mass is 244 g/mol. The van der Waals surface area contributed by atoms with Gasteiger partial charge >= 0.3 is 0 Å². The fourth-order valence-electron chi connectivity index (χ4n) is 2.32. The first kappa shape index (κ1) is 11.3. The summed E-state index contributed by atoms with van der Waals surface area (Å²) in [5.41, 5.74) is 3.32. The standard InChI is InChI=1S/C14H16N2O2/c1-16-9-12(15-14(16)4-6-17)10-2-3-13-11(8-10)5-7-18-13/h2-3,8-9,17H,4-7H2,1H3. The number of ether oxygens (including phenoxy) is 1. The van der Waals surface area contributed by atoms with Crippen molar-refractivity contribution in [2.24, 2.45) is 7.05 Å². The Hall–Kier alpha value is -1.81. The average Bonchev–Trinajstić information content (AvgIpc) is 2.96. The lowest BCUT2D eigenvalue weighted by molar-refractivity contribution is 0.295. The van der Waals surface area contributed by atoms with Gasteiger partial charge < -0.3 is 14.4 Å². The molecule has 4 nitrogen and oxygen atoms in total. The first-order chi connectivity index (χ1) is 8.78. The van der Waals surface area contributed by atoms with Crippen LogP contribution in [0.25, 0.3) is 11.3 Å². The van der Waals surface area contributed by atoms with Gasteiger partial charge in [-0.2, -0.15) is 0 Å². The van der Waals surface area contributed by atoms with Crippen LogP contribution < -0.4 is 4.74 Å². The molecule has 3 rings (SSSR count). The maximum Gasteiger partial charge on any atom is 0.122 e. The lowest BCUT2D eigenvalue weighted by atomic mass is 10.1. The highest BCUT2D eigenvalue weighted by Gasteiger charge is 2.14. The molecule has 0 spiro atoms. The van der Waals surface area contributed by atoms with Crippen molar-refractivity contribution in [2.75, 3.05) is 13.2 Å². The van der Waals surface area contributed by atoms with E-state index in [2.05, 4.69) is 11.1 Å². The number of aryl methyl sites for hydroxylation is 1. The van der Waals surface area contributed by atoms with Crippen LogP contribution in [0.5, 0.6) is 5.75 Å². The highest BCUT2D eigenvalue weighted by atomic mass is 16.5. The van der Waals surface area contributed by atoms with Crippen LogP contribution in [0.4, 0.5) is 0 Å². The van der Waals surface area contributed by atoms with Crippen LogP contribution in [-0.2, 0) is 19.9 Å². The quantitative estimate of drug-likeness (QED) is 0.891. The Morgan fingerprint density at radius 1 is 1.44 bits per heavy atom. The molecule has 1 aromatic carbocycles. The van der Waals surface area contributed by atoms with Gasteiger partial charge in [-0.25, -0.2) is 4.98 Å². The minimum absolute atomic E-state index is 0.127. The molecule has 1 aliphatic rings. The summed E-state index contributed by atoms with van der Waals surface area (Å²) >= 11 is 0. The summed E-state index contributed by atoms with van der Waals surface area (Å²) in [7, 11) is 1.96. The summed E-state index contributed by atoms with van der Waals surface area (Å²) < 4.78 is 7.47. The van der Waals surface area contributed by atoms with Crippen molar-refractivity contribution >= 4 is 0 Å². The number of aliphatic hydroxyl groups excluding tert-OH is 1. The van der Waals surface area contributed by atoms with Gasteiger partial charge in [0.1, 0.15) is 11.6 Å². The minimum atomic E-state index is 0.127. The third-order valence-electron chi connectivity index (χ3n) is 3.29. The molecule has 0 amide bonds. The van der Waals surface area contributed by atoms with Gasteiger partial charge in [-0.15, -0.1) is 0 Å². The van der Waals surface area contributed by atoms with Crippen molar-refractivity contribution < 1.29 is 9.84 Å². The zero-order valence-electron chi connectivity index (χ0n) is 10.4. The summed E-state index contributed by atoms with van der Waals surface area (Å²) in [4.78, 5) is 4.56. The lowest BCUT2D eigenvalue weighted by Gasteiger charge is -2.01. The Kier molecular flexibility index (Phi) is 2.80. The second-order valence-corrected chi connectivity index (χ2v) is 4.55. The Balaban J connectivity index is 1.97. The van der Waals surface area contributed by atoms with Crippen molar-refractivity contribution in [2.45, 2.75) is 12.8 Å². The van der Waals surface area contributed by atoms with E-state index in [0.717, 1.165) is 35.9 Å². The summed E-state index contributed by atoms with van der Waals surface area (Å²) in [6.07, 6.45) is 3.56. The van der Waals surface area contributed by atoms with Crippen molar-refractivity contribution in [1.29, 1.82) is 0 Å². The van der Waals surface area contributed by atoms with E-state index < -0.39 is 0 Å². The van der Waals surface area contributed by atoms with E-state index in [1.54, 1.807) is 0 Å². The van der Waals surface area contributed by atoms with Gasteiger partial charge in [-0.05, 0) is 23.8 Å². The number of hydrogen-bond acceptors (Lipinski definition) is 3. The molecule has 2 heterocycles. The van der Waals surface area contributed by atoms with Gasteiger partial charge in [0.05, 0.1) is 18.9 Å². The van der Waals surface area contributed by atoms with E-state index in [0.29, 0.717) is 6.42 Å². The molecule has 0 saturated carbocycles. The molecule has 0 aliphatic carbocycles. The molecular formula is C14H16N2O2. The molecule has 0 unspecified atom stereocenters. The normalized spacial score (nSPS) is 13.4. The fraction of sp³-hybridized carbons (Fsp3) is 0.357. The molecule has 1 aromatic heterocycles. The van der Waals surface area contributed by atoms with E-state index in [4.69, 9.17) is 9.84 Å². The van der Waals surface area contributed by atoms with Gasteiger partial charge in [0, 0.05) is 31.6 Å². The van der Waals surface area contributed by atoms with Gasteiger partial charge in [0.25, 0.3) is 0 Å². The predicted molar refractivity (Wildman–Crippen MR) is 68.6 cm³/mol. The molecule has 1 N–H and O–H groups in total. The van der Waals surface area contributed by atoms with Gasteiger partial charge in [-0.3, -0.25) is 0 Å². The zero-order valence-corrected chi connectivity index (χ0v) is 10.4. The van der Waals surface area contributed by atoms with Gasteiger partial charge in [0.15, 0.2) is 0 Å². The maximum absolute atomic E-state index is 8.98. The molecule has 0 bridgehead atoms. The van der Waals surface area contributed by atoms with Crippen LogP contribution in [-0.4, -0.2) is 27.9 Å². The average molecular weight is 244 g/mol. The van der Waals surface area contributed by atoms with Crippen molar-refractivity contribution in [3.63, 3.8) is 0 Å². The second-order valence-electron chi connectivity index (χ2n) is 4.55. The first-order valence-corrected chi connectivity index (χ1v) is 6.17. The molecule has 0 radical (unpaired) electrons. The zero-order chi connectivity index (χ0) is 12.5. The molecule has 94 valence electrons. The van der Waals surface area contributed by atoms with Crippen LogP contribution >= 0.6 is 0 Å². The van der Waals surface area contributed by atoms with E-state index >= 15 is 0 Å². The van der Waals surface area contributed by atoms with Crippen molar-refractivity contribution in [3.8, 4) is 17.0 Å². The summed E-state index contributed by atoms with van der Waals surface area (Å²) in [6, 6.07) is 6.20. The largest absolute Gasteiger partial charge is 0.493 e. The molecule has 0 saturated heterocycles. The molecule has 4 heteroatoms. The predicted octanol–water partition coefficient (Wildman–Crippen LogP) is 1.56. The van der Waals surface area contributed by atoms with Crippen LogP contribution in [0, 0.1) is 0 Å². The number of benzene rings is 1. The molecule has 18 heavy (non-hydrogen) atoms. The molecule has 0 fully saturated rings. The van der Waals surface area contributed by atoms with Crippen molar-refractivity contribution in [1.82, 2.24) is 9.55 Å². The number of fused-ring (bicyclic) bond motifs is 1. The van der Waals surface area contributed by atoms with Crippen molar-refractivity contribution in [3.05, 3.63) is 35.8 Å². The Morgan fingerprint density at radius 3 is 3.17 bits per heavy atom. The summed E-state index contributed by atoms with van der Waals surface area (Å²) in [5.74, 6) is 1.90. The van der Waals surface area contributed by atoms with E-state index in [9.17, 15) is 0 Å². The van der Waals surface area contributed by atoms with Crippen LogP contribution in [0.2, 0.25) is 0 Å². The van der Waals surface area contributed by atoms with E-state index in [1.807, 2.05) is 29.9 Å². The summed E-state index contributed by atoms with van der Waals surface area (Å²) in [5, 5.41) is 8.98. The van der Waals surface area contributed by atoms with Crippen LogP contribution in [0.1, 0.15) is 11.4 Å². The Labute approximate surface area is 106 Å². The highest BCUT2D eigenvalue weighted by Crippen LogP contribution is 2.30. The van der Waals surface area contributed by atoms with E-state index in [1.165, 1.54) is 5.56 Å². The number of rotatable bonds is 3. The molecule has 2 aromatic rings. The number of hydrogen-bond donors (Lipinski definition) is 1. The second kappa shape index (κ2) is 4.46. The number of imidazole rings is 1. The maximum atomic E-state index is 8.98. The molecular weight excluding hydrogens is 228 g/mol. The number of aliphatic hydroxyl groups is 1. The highest BCUT2D eigenvalue weighted by molar-refractivity contribution is 5.62. The van der Waals surface area contributed by atoms with Gasteiger partial charge in [0.2, 0.25) is 0 Å².